The molecule has 0 spiro atoms. The Kier molecular flexibility index (Phi) is 3.32. The Labute approximate surface area is 120 Å². The van der Waals surface area contributed by atoms with Gasteiger partial charge in [0, 0.05) is 17.5 Å². The Morgan fingerprint density at radius 3 is 2.47 bits per heavy atom. The summed E-state index contributed by atoms with van der Waals surface area (Å²) in [4.78, 5) is 4.59. The van der Waals surface area contributed by atoms with E-state index < -0.39 is 0 Å². The summed E-state index contributed by atoms with van der Waals surface area (Å²) in [6.45, 7) is 0.567. The fourth-order valence-corrected chi connectivity index (χ4v) is 2.65. The molecule has 0 radical (unpaired) electrons. The first-order valence-corrected chi connectivity index (χ1v) is 6.92. The number of nitrogens with two attached hydrogens (primary N) is 1. The lowest BCUT2D eigenvalue weighted by atomic mass is 10.0. The van der Waals surface area contributed by atoms with Gasteiger partial charge in [0.25, 0.3) is 0 Å². The van der Waals surface area contributed by atoms with Crippen LogP contribution in [0.4, 0.5) is 0 Å². The lowest BCUT2D eigenvalue weighted by Gasteiger charge is -2.07. The molecule has 0 aliphatic carbocycles. The summed E-state index contributed by atoms with van der Waals surface area (Å²) in [5.41, 5.74) is 9.99. The van der Waals surface area contributed by atoms with Crippen molar-refractivity contribution in [1.29, 1.82) is 0 Å². The highest BCUT2D eigenvalue weighted by Crippen LogP contribution is 2.30. The second kappa shape index (κ2) is 5.11. The third-order valence-corrected chi connectivity index (χ3v) is 3.78. The van der Waals surface area contributed by atoms with E-state index in [9.17, 15) is 0 Å². The minimum absolute atomic E-state index is 0.567. The van der Waals surface area contributed by atoms with Crippen molar-refractivity contribution in [1.82, 2.24) is 4.98 Å². The van der Waals surface area contributed by atoms with Gasteiger partial charge in [0.1, 0.15) is 4.60 Å². The number of para-hydroxylation sites is 1. The standard InChI is InChI=1S/C16H13BrN2/c17-16-14(12-7-5-11(10-18)6-8-12)9-13-3-1-2-4-15(13)19-16/h1-9H,10,18H2. The Bertz CT molecular complexity index is 720. The van der Waals surface area contributed by atoms with E-state index in [1.54, 1.807) is 0 Å². The van der Waals surface area contributed by atoms with E-state index in [0.717, 1.165) is 32.2 Å². The molecule has 2 N–H and O–H groups in total. The molecule has 0 saturated heterocycles. The topological polar surface area (TPSA) is 38.9 Å². The molecular formula is C16H13BrN2. The highest BCUT2D eigenvalue weighted by atomic mass is 79.9. The summed E-state index contributed by atoms with van der Waals surface area (Å²) in [5, 5.41) is 1.14. The Balaban J connectivity index is 2.15. The average Bonchev–Trinajstić information content (AvgIpc) is 2.47. The Hall–Kier alpha value is -1.71. The third-order valence-electron chi connectivity index (χ3n) is 3.18. The van der Waals surface area contributed by atoms with Crippen molar-refractivity contribution in [2.75, 3.05) is 0 Å². The van der Waals surface area contributed by atoms with Crippen LogP contribution >= 0.6 is 15.9 Å². The summed E-state index contributed by atoms with van der Waals surface area (Å²) >= 11 is 3.55. The molecule has 0 aliphatic heterocycles. The molecule has 0 unspecified atom stereocenters. The van der Waals surface area contributed by atoms with Crippen LogP contribution in [0.15, 0.2) is 59.2 Å². The van der Waals surface area contributed by atoms with Crippen LogP contribution in [0, 0.1) is 0 Å². The number of nitrogens with zero attached hydrogens (tertiary/aromatic N) is 1. The lowest BCUT2D eigenvalue weighted by Crippen LogP contribution is -1.95. The summed E-state index contributed by atoms with van der Waals surface area (Å²) in [6.07, 6.45) is 0. The van der Waals surface area contributed by atoms with Crippen LogP contribution < -0.4 is 5.73 Å². The van der Waals surface area contributed by atoms with Crippen molar-refractivity contribution in [2.45, 2.75) is 6.54 Å². The molecule has 0 aliphatic rings. The largest absolute Gasteiger partial charge is 0.326 e. The van der Waals surface area contributed by atoms with Crippen molar-refractivity contribution in [3.63, 3.8) is 0 Å². The number of pyridine rings is 1. The van der Waals surface area contributed by atoms with Gasteiger partial charge in [-0.25, -0.2) is 4.98 Å². The summed E-state index contributed by atoms with van der Waals surface area (Å²) in [5.74, 6) is 0. The third kappa shape index (κ3) is 2.39. The molecular weight excluding hydrogens is 300 g/mol. The zero-order chi connectivity index (χ0) is 13.2. The van der Waals surface area contributed by atoms with Gasteiger partial charge in [-0.15, -0.1) is 0 Å². The van der Waals surface area contributed by atoms with Gasteiger partial charge < -0.3 is 5.73 Å². The van der Waals surface area contributed by atoms with Crippen molar-refractivity contribution in [2.24, 2.45) is 5.73 Å². The highest BCUT2D eigenvalue weighted by molar-refractivity contribution is 9.10. The van der Waals surface area contributed by atoms with E-state index >= 15 is 0 Å². The molecule has 1 aromatic heterocycles. The second-order valence-electron chi connectivity index (χ2n) is 4.42. The van der Waals surface area contributed by atoms with Gasteiger partial charge in [0.15, 0.2) is 0 Å². The quantitative estimate of drug-likeness (QED) is 0.723. The highest BCUT2D eigenvalue weighted by Gasteiger charge is 2.06. The SMILES string of the molecule is NCc1ccc(-c2cc3ccccc3nc2Br)cc1. The maximum atomic E-state index is 5.62. The van der Waals surface area contributed by atoms with E-state index in [2.05, 4.69) is 57.3 Å². The minimum Gasteiger partial charge on any atom is -0.326 e. The zero-order valence-electron chi connectivity index (χ0n) is 10.3. The van der Waals surface area contributed by atoms with Gasteiger partial charge in [0.05, 0.1) is 5.52 Å². The zero-order valence-corrected chi connectivity index (χ0v) is 11.9. The molecule has 0 bridgehead atoms. The van der Waals surface area contributed by atoms with E-state index in [-0.39, 0.29) is 0 Å². The van der Waals surface area contributed by atoms with Gasteiger partial charge in [-0.3, -0.25) is 0 Å². The Morgan fingerprint density at radius 1 is 1.00 bits per heavy atom. The van der Waals surface area contributed by atoms with Crippen LogP contribution in [0.3, 0.4) is 0 Å². The number of hydrogen-bond acceptors (Lipinski definition) is 2. The van der Waals surface area contributed by atoms with E-state index in [1.807, 2.05) is 18.2 Å². The van der Waals surface area contributed by atoms with Crippen LogP contribution in [-0.2, 0) is 6.54 Å². The molecule has 0 amide bonds. The number of fused-ring (bicyclic) bond motifs is 1. The first kappa shape index (κ1) is 12.3. The van der Waals surface area contributed by atoms with Crippen LogP contribution in [0.25, 0.3) is 22.0 Å². The number of aromatic nitrogens is 1. The smallest absolute Gasteiger partial charge is 0.114 e. The van der Waals surface area contributed by atoms with Gasteiger partial charge in [-0.1, -0.05) is 42.5 Å². The molecule has 94 valence electrons. The molecule has 0 atom stereocenters. The van der Waals surface area contributed by atoms with Crippen molar-refractivity contribution >= 4 is 26.8 Å². The van der Waals surface area contributed by atoms with E-state index in [4.69, 9.17) is 5.73 Å². The molecule has 3 heteroatoms. The Morgan fingerprint density at radius 2 is 1.74 bits per heavy atom. The van der Waals surface area contributed by atoms with Gasteiger partial charge in [-0.2, -0.15) is 0 Å². The van der Waals surface area contributed by atoms with Crippen molar-refractivity contribution in [3.05, 3.63) is 64.8 Å². The fraction of sp³-hybridized carbons (Fsp3) is 0.0625. The number of halogens is 1. The number of benzene rings is 2. The number of hydrogen-bond donors (Lipinski definition) is 1. The summed E-state index contributed by atoms with van der Waals surface area (Å²) in [7, 11) is 0. The molecule has 2 nitrogen and oxygen atoms in total. The van der Waals surface area contributed by atoms with Crippen LogP contribution in [0.5, 0.6) is 0 Å². The molecule has 2 aromatic carbocycles. The van der Waals surface area contributed by atoms with Crippen LogP contribution in [0.2, 0.25) is 0 Å². The van der Waals surface area contributed by atoms with Gasteiger partial charge in [0.2, 0.25) is 0 Å². The molecule has 3 aromatic rings. The first-order chi connectivity index (χ1) is 9.28. The lowest BCUT2D eigenvalue weighted by molar-refractivity contribution is 1.07. The molecule has 3 rings (SSSR count). The van der Waals surface area contributed by atoms with E-state index in [1.165, 1.54) is 0 Å². The maximum absolute atomic E-state index is 5.62. The minimum atomic E-state index is 0.567. The molecule has 19 heavy (non-hydrogen) atoms. The van der Waals surface area contributed by atoms with Crippen molar-refractivity contribution in [3.8, 4) is 11.1 Å². The molecule has 0 fully saturated rings. The normalized spacial score (nSPS) is 10.8. The van der Waals surface area contributed by atoms with Gasteiger partial charge >= 0.3 is 0 Å². The number of rotatable bonds is 2. The van der Waals surface area contributed by atoms with Crippen LogP contribution in [0.1, 0.15) is 5.56 Å². The summed E-state index contributed by atoms with van der Waals surface area (Å²) < 4.78 is 0.867. The van der Waals surface area contributed by atoms with E-state index in [0.29, 0.717) is 6.54 Å². The molecule has 1 heterocycles. The predicted octanol–water partition coefficient (Wildman–Crippen LogP) is 4.12. The molecule has 0 saturated carbocycles. The monoisotopic (exact) mass is 312 g/mol. The first-order valence-electron chi connectivity index (χ1n) is 6.12. The fourth-order valence-electron chi connectivity index (χ4n) is 2.12. The average molecular weight is 313 g/mol. The second-order valence-corrected chi connectivity index (χ2v) is 5.17. The summed E-state index contributed by atoms with van der Waals surface area (Å²) in [6, 6.07) is 18.5. The predicted molar refractivity (Wildman–Crippen MR) is 82.8 cm³/mol. The van der Waals surface area contributed by atoms with Crippen molar-refractivity contribution < 1.29 is 0 Å². The van der Waals surface area contributed by atoms with Crippen LogP contribution in [-0.4, -0.2) is 4.98 Å². The maximum Gasteiger partial charge on any atom is 0.114 e. The van der Waals surface area contributed by atoms with Gasteiger partial charge in [-0.05, 0) is 39.2 Å².